The molecule has 0 radical (unpaired) electrons. The van der Waals surface area contributed by atoms with E-state index in [-0.39, 0.29) is 12.5 Å². The van der Waals surface area contributed by atoms with Gasteiger partial charge in [-0.3, -0.25) is 14.2 Å². The minimum atomic E-state index is -0.766. The van der Waals surface area contributed by atoms with Crippen molar-refractivity contribution < 1.29 is 0 Å². The molecule has 10 nitrogen and oxygen atoms in total. The molecule has 0 amide bonds. The van der Waals surface area contributed by atoms with Crippen molar-refractivity contribution in [3.05, 3.63) is 103 Å². The minimum Gasteiger partial charge on any atom is -0.324 e. The van der Waals surface area contributed by atoms with Crippen molar-refractivity contribution >= 4 is 34.1 Å². The summed E-state index contributed by atoms with van der Waals surface area (Å²) in [5.74, 6) is 0.0127. The van der Waals surface area contributed by atoms with E-state index in [9.17, 15) is 14.9 Å². The summed E-state index contributed by atoms with van der Waals surface area (Å²) in [4.78, 5) is 35.2. The third kappa shape index (κ3) is 4.60. The molecular weight excluding hydrogens is 492 g/mol. The maximum absolute atomic E-state index is 13.8. The van der Waals surface area contributed by atoms with E-state index in [0.29, 0.717) is 27.5 Å². The van der Waals surface area contributed by atoms with E-state index >= 15 is 0 Å². The number of hydrogen-bond acceptors (Lipinski definition) is 7. The molecule has 5 rings (SSSR count). The second kappa shape index (κ2) is 9.37. The minimum absolute atomic E-state index is 0.0127. The van der Waals surface area contributed by atoms with Crippen LogP contribution in [-0.4, -0.2) is 28.9 Å². The van der Waals surface area contributed by atoms with Gasteiger partial charge in [0.15, 0.2) is 0 Å². The van der Waals surface area contributed by atoms with Gasteiger partial charge in [0.1, 0.15) is 0 Å². The van der Waals surface area contributed by atoms with E-state index in [1.807, 2.05) is 26.1 Å². The first kappa shape index (κ1) is 24.0. The summed E-state index contributed by atoms with van der Waals surface area (Å²) < 4.78 is 3.98. The highest BCUT2D eigenvalue weighted by atomic mass is 35.5. The van der Waals surface area contributed by atoms with Crippen LogP contribution in [0.4, 0.5) is 11.6 Å². The predicted octanol–water partition coefficient (Wildman–Crippen LogP) is 3.61. The Morgan fingerprint density at radius 1 is 1.11 bits per heavy atom. The third-order valence-corrected chi connectivity index (χ3v) is 6.26. The number of hydrogen-bond donors (Lipinski definition) is 1. The first-order valence-corrected chi connectivity index (χ1v) is 11.7. The van der Waals surface area contributed by atoms with Crippen LogP contribution in [0.3, 0.4) is 0 Å². The number of anilines is 2. The molecule has 0 saturated carbocycles. The van der Waals surface area contributed by atoms with Crippen LogP contribution in [0.5, 0.6) is 0 Å². The maximum Gasteiger partial charge on any atom is 0.359 e. The molecule has 1 N–H and O–H groups in total. The van der Waals surface area contributed by atoms with Crippen LogP contribution in [0.15, 0.2) is 64.6 Å². The Balaban J connectivity index is 1.70. The number of benzene rings is 2. The number of rotatable bonds is 5. The smallest absolute Gasteiger partial charge is 0.324 e. The normalized spacial score (nSPS) is 11.0. The number of fused-ring (bicyclic) bond motifs is 1. The number of pyridine rings is 1. The van der Waals surface area contributed by atoms with Crippen LogP contribution in [-0.2, 0) is 13.6 Å². The van der Waals surface area contributed by atoms with Crippen LogP contribution in [0, 0.1) is 25.2 Å². The average Bonchev–Trinajstić information content (AvgIpc) is 3.21. The fraction of sp³-hybridized carbons (Fsp3) is 0.154. The van der Waals surface area contributed by atoms with Crippen molar-refractivity contribution in [1.29, 1.82) is 5.26 Å². The lowest BCUT2D eigenvalue weighted by Crippen LogP contribution is -2.42. The molecule has 37 heavy (non-hydrogen) atoms. The first-order valence-electron chi connectivity index (χ1n) is 11.3. The number of nitrogens with one attached hydrogen (secondary N) is 1. The monoisotopic (exact) mass is 512 g/mol. The summed E-state index contributed by atoms with van der Waals surface area (Å²) in [5, 5.41) is 18.0. The summed E-state index contributed by atoms with van der Waals surface area (Å²) >= 11 is 6.51. The first-order chi connectivity index (χ1) is 17.7. The molecule has 0 aliphatic heterocycles. The van der Waals surface area contributed by atoms with Crippen LogP contribution < -0.4 is 16.7 Å². The molecule has 11 heteroatoms. The Morgan fingerprint density at radius 3 is 2.68 bits per heavy atom. The van der Waals surface area contributed by atoms with E-state index < -0.39 is 11.4 Å². The zero-order valence-electron chi connectivity index (χ0n) is 20.2. The van der Waals surface area contributed by atoms with Gasteiger partial charge in [-0.15, -0.1) is 0 Å². The number of aromatic nitrogens is 6. The van der Waals surface area contributed by atoms with Gasteiger partial charge < -0.3 is 5.32 Å². The SMILES string of the molecule is Cc1cncc(-n2c(=O)nc(Nc3cc4cn(C)nc4cc3Cl)n(Cc3cc(C#N)ccc3C)c2=O)c1. The largest absolute Gasteiger partial charge is 0.359 e. The topological polar surface area (TPSA) is 123 Å². The quantitative estimate of drug-likeness (QED) is 0.381. The Labute approximate surface area is 216 Å². The maximum atomic E-state index is 13.8. The molecule has 2 aromatic carbocycles. The number of halogens is 1. The molecule has 0 fully saturated rings. The summed E-state index contributed by atoms with van der Waals surface area (Å²) in [6, 6.07) is 12.5. The molecular formula is C26H21ClN8O2. The lowest BCUT2D eigenvalue weighted by Gasteiger charge is -2.17. The Kier molecular flexibility index (Phi) is 6.07. The van der Waals surface area contributed by atoms with E-state index in [4.69, 9.17) is 11.6 Å². The molecule has 0 unspecified atom stereocenters. The van der Waals surface area contributed by atoms with Crippen molar-refractivity contribution in [2.45, 2.75) is 20.4 Å². The van der Waals surface area contributed by atoms with Gasteiger partial charge in [0.2, 0.25) is 5.95 Å². The lowest BCUT2D eigenvalue weighted by atomic mass is 10.1. The molecule has 3 aromatic heterocycles. The second-order valence-electron chi connectivity index (χ2n) is 8.71. The van der Waals surface area contributed by atoms with Crippen LogP contribution in [0.1, 0.15) is 22.3 Å². The van der Waals surface area contributed by atoms with Crippen LogP contribution in [0.25, 0.3) is 16.6 Å². The molecule has 0 aliphatic rings. The predicted molar refractivity (Wildman–Crippen MR) is 141 cm³/mol. The summed E-state index contributed by atoms with van der Waals surface area (Å²) in [6.45, 7) is 3.76. The van der Waals surface area contributed by atoms with E-state index in [1.165, 1.54) is 10.8 Å². The van der Waals surface area contributed by atoms with Gasteiger partial charge in [-0.05, 0) is 60.9 Å². The van der Waals surface area contributed by atoms with Crippen molar-refractivity contribution in [3.63, 3.8) is 0 Å². The summed E-state index contributed by atoms with van der Waals surface area (Å²) in [6.07, 6.45) is 4.89. The summed E-state index contributed by atoms with van der Waals surface area (Å²) in [5.41, 5.74) is 2.93. The molecule has 0 saturated heterocycles. The highest BCUT2D eigenvalue weighted by Gasteiger charge is 2.18. The lowest BCUT2D eigenvalue weighted by molar-refractivity contribution is 0.655. The molecule has 3 heterocycles. The van der Waals surface area contributed by atoms with Crippen molar-refractivity contribution in [3.8, 4) is 11.8 Å². The summed E-state index contributed by atoms with van der Waals surface area (Å²) in [7, 11) is 1.80. The third-order valence-electron chi connectivity index (χ3n) is 5.95. The zero-order chi connectivity index (χ0) is 26.3. The second-order valence-corrected chi connectivity index (χ2v) is 9.12. The Bertz CT molecular complexity index is 1840. The van der Waals surface area contributed by atoms with Gasteiger partial charge in [0.25, 0.3) is 0 Å². The number of nitrogens with zero attached hydrogens (tertiary/aromatic N) is 7. The van der Waals surface area contributed by atoms with E-state index in [2.05, 4.69) is 26.5 Å². The van der Waals surface area contributed by atoms with Gasteiger partial charge in [0.05, 0.1) is 46.3 Å². The molecule has 184 valence electrons. The van der Waals surface area contributed by atoms with E-state index in [1.54, 1.807) is 48.3 Å². The highest BCUT2D eigenvalue weighted by Crippen LogP contribution is 2.29. The van der Waals surface area contributed by atoms with E-state index in [0.717, 1.165) is 26.6 Å². The molecule has 5 aromatic rings. The standard InChI is InChI=1S/C26H21ClN8O2/c1-15-6-20(12-29-11-15)35-25(36)31-24(30-23-8-19-13-33(3)32-22(19)9-21(23)27)34(26(35)37)14-18-7-17(10-28)5-4-16(18)2/h4-9,11-13H,14H2,1-3H3,(H,30,31,36). The Hall–Kier alpha value is -4.75. The molecule has 0 spiro atoms. The van der Waals surface area contributed by atoms with Crippen LogP contribution in [0.2, 0.25) is 5.02 Å². The van der Waals surface area contributed by atoms with Gasteiger partial charge in [-0.2, -0.15) is 15.3 Å². The zero-order valence-corrected chi connectivity index (χ0v) is 21.0. The van der Waals surface area contributed by atoms with Gasteiger partial charge >= 0.3 is 11.4 Å². The fourth-order valence-corrected chi connectivity index (χ4v) is 4.29. The number of aryl methyl sites for hydroxylation is 3. The van der Waals surface area contributed by atoms with Gasteiger partial charge in [-0.1, -0.05) is 17.7 Å². The van der Waals surface area contributed by atoms with Crippen molar-refractivity contribution in [2.24, 2.45) is 7.05 Å². The molecule has 0 atom stereocenters. The van der Waals surface area contributed by atoms with Crippen molar-refractivity contribution in [1.82, 2.24) is 28.9 Å². The van der Waals surface area contributed by atoms with Crippen LogP contribution >= 0.6 is 11.6 Å². The number of nitriles is 1. The molecule has 0 aliphatic carbocycles. The van der Waals surface area contributed by atoms with Crippen molar-refractivity contribution in [2.75, 3.05) is 5.32 Å². The average molecular weight is 513 g/mol. The Morgan fingerprint density at radius 2 is 1.92 bits per heavy atom. The van der Waals surface area contributed by atoms with Gasteiger partial charge in [0, 0.05) is 24.8 Å². The fourth-order valence-electron chi connectivity index (χ4n) is 4.08. The highest BCUT2D eigenvalue weighted by molar-refractivity contribution is 6.34. The molecule has 0 bridgehead atoms. The van der Waals surface area contributed by atoms with Gasteiger partial charge in [-0.25, -0.2) is 14.2 Å².